The molecule has 8 nitrogen and oxygen atoms in total. The largest absolute Gasteiger partial charge is 0.430 e. The maximum Gasteiger partial charge on any atom is 0.430 e. The topological polar surface area (TPSA) is 91.5 Å². The lowest BCUT2D eigenvalue weighted by atomic mass is 9.80. The monoisotopic (exact) mass is 709 g/mol. The Balaban J connectivity index is 1.54. The number of carbonyl (C=O) groups excluding carboxylic acids is 2. The minimum absolute atomic E-state index is 0.0807. The van der Waals surface area contributed by atoms with Crippen molar-refractivity contribution in [2.45, 2.75) is 57.0 Å². The number of halogens is 7. The number of nitrogens with two attached hydrogens (primary N) is 1. The molecular formula is C35H38F7N5O3. The SMILES string of the molecule is C=C1CN(C(=O)c2cc(C(CC(C)C)N3C(=O)C(C[C@@H]4CCOC4)(c4ccc(F)cc4)N=C3N)ccc2C(F)(F)F)CCN1C(=C)C(F)(F)F. The average Bonchev–Trinajstić information content (AvgIpc) is 3.63. The van der Waals surface area contributed by atoms with Gasteiger partial charge in [0.2, 0.25) is 0 Å². The molecule has 15 heteroatoms. The molecule has 3 heterocycles. The van der Waals surface area contributed by atoms with Gasteiger partial charge in [-0.3, -0.25) is 14.5 Å². The summed E-state index contributed by atoms with van der Waals surface area (Å²) in [6, 6.07) is 7.34. The molecule has 0 bridgehead atoms. The lowest BCUT2D eigenvalue weighted by Crippen LogP contribution is -2.48. The molecule has 2 fully saturated rings. The van der Waals surface area contributed by atoms with Crippen LogP contribution in [0.1, 0.15) is 66.2 Å². The molecule has 2 aromatic carbocycles. The lowest BCUT2D eigenvalue weighted by molar-refractivity contribution is -0.138. The highest BCUT2D eigenvalue weighted by molar-refractivity contribution is 6.07. The highest BCUT2D eigenvalue weighted by Gasteiger charge is 2.53. The van der Waals surface area contributed by atoms with Gasteiger partial charge in [-0.2, -0.15) is 26.3 Å². The molecule has 0 aromatic heterocycles. The van der Waals surface area contributed by atoms with Crippen LogP contribution in [0.5, 0.6) is 0 Å². The molecule has 270 valence electrons. The predicted octanol–water partition coefficient (Wildman–Crippen LogP) is 6.76. The normalized spacial score (nSPS) is 22.4. The second-order valence-corrected chi connectivity index (χ2v) is 13.3. The van der Waals surface area contributed by atoms with E-state index in [0.29, 0.717) is 25.2 Å². The molecule has 0 spiro atoms. The van der Waals surface area contributed by atoms with Crippen LogP contribution in [-0.4, -0.2) is 71.5 Å². The molecule has 2 saturated heterocycles. The fraction of sp³-hybridized carbons (Fsp3) is 0.457. The van der Waals surface area contributed by atoms with E-state index in [4.69, 9.17) is 10.5 Å². The predicted molar refractivity (Wildman–Crippen MR) is 171 cm³/mol. The summed E-state index contributed by atoms with van der Waals surface area (Å²) in [5.74, 6) is -2.54. The summed E-state index contributed by atoms with van der Waals surface area (Å²) in [5, 5.41) is 0. The van der Waals surface area contributed by atoms with E-state index in [1.165, 1.54) is 35.2 Å². The Morgan fingerprint density at radius 3 is 2.34 bits per heavy atom. The maximum absolute atomic E-state index is 14.6. The van der Waals surface area contributed by atoms with Gasteiger partial charge in [-0.1, -0.05) is 45.2 Å². The van der Waals surface area contributed by atoms with Crippen LogP contribution >= 0.6 is 0 Å². The number of hydrogen-bond donors (Lipinski definition) is 1. The molecule has 2 aromatic rings. The maximum atomic E-state index is 14.6. The number of rotatable bonds is 9. The van der Waals surface area contributed by atoms with Gasteiger partial charge in [-0.15, -0.1) is 0 Å². The summed E-state index contributed by atoms with van der Waals surface area (Å²) in [5.41, 5.74) is 2.14. The van der Waals surface area contributed by atoms with E-state index in [-0.39, 0.29) is 55.0 Å². The number of alkyl halides is 6. The Kier molecular flexibility index (Phi) is 10.1. The van der Waals surface area contributed by atoms with E-state index >= 15 is 0 Å². The molecule has 50 heavy (non-hydrogen) atoms. The molecule has 0 aliphatic carbocycles. The lowest BCUT2D eigenvalue weighted by Gasteiger charge is -2.39. The van der Waals surface area contributed by atoms with Crippen molar-refractivity contribution in [2.24, 2.45) is 22.6 Å². The Morgan fingerprint density at radius 2 is 1.78 bits per heavy atom. The molecule has 2 N–H and O–H groups in total. The first-order valence-electron chi connectivity index (χ1n) is 16.1. The second kappa shape index (κ2) is 13.7. The zero-order chi connectivity index (χ0) is 36.8. The third-order valence-corrected chi connectivity index (χ3v) is 9.31. The fourth-order valence-electron chi connectivity index (χ4n) is 6.84. The number of piperazine rings is 1. The van der Waals surface area contributed by atoms with Gasteiger partial charge in [0.15, 0.2) is 11.5 Å². The molecule has 5 rings (SSSR count). The second-order valence-electron chi connectivity index (χ2n) is 13.3. The van der Waals surface area contributed by atoms with E-state index in [1.807, 2.05) is 13.8 Å². The molecule has 0 radical (unpaired) electrons. The first-order chi connectivity index (χ1) is 23.3. The Hall–Kier alpha value is -4.40. The molecule has 0 saturated carbocycles. The van der Waals surface area contributed by atoms with Crippen LogP contribution in [0.4, 0.5) is 30.7 Å². The van der Waals surface area contributed by atoms with Gasteiger partial charge in [0.1, 0.15) is 11.5 Å². The third kappa shape index (κ3) is 7.23. The number of amides is 2. The summed E-state index contributed by atoms with van der Waals surface area (Å²) in [4.78, 5) is 36.1. The van der Waals surface area contributed by atoms with E-state index in [2.05, 4.69) is 18.2 Å². The quantitative estimate of drug-likeness (QED) is 0.291. The molecule has 3 aliphatic rings. The van der Waals surface area contributed by atoms with Crippen LogP contribution < -0.4 is 5.73 Å². The van der Waals surface area contributed by atoms with E-state index in [1.54, 1.807) is 0 Å². The smallest absolute Gasteiger partial charge is 0.381 e. The van der Waals surface area contributed by atoms with Crippen LogP contribution in [0, 0.1) is 17.7 Å². The number of guanidine groups is 1. The first kappa shape index (κ1) is 36.9. The number of carbonyl (C=O) groups is 2. The summed E-state index contributed by atoms with van der Waals surface area (Å²) in [6.07, 6.45) is -8.68. The number of ether oxygens (including phenoxy) is 1. The van der Waals surface area contributed by atoms with Crippen molar-refractivity contribution < 1.29 is 45.1 Å². The van der Waals surface area contributed by atoms with Gasteiger partial charge in [-0.25, -0.2) is 9.38 Å². The third-order valence-electron chi connectivity index (χ3n) is 9.31. The molecule has 3 aliphatic heterocycles. The zero-order valence-electron chi connectivity index (χ0n) is 27.6. The van der Waals surface area contributed by atoms with Crippen molar-refractivity contribution >= 4 is 17.8 Å². The number of nitrogens with zero attached hydrogens (tertiary/aromatic N) is 4. The number of aliphatic imine (C=N–C) groups is 1. The Morgan fingerprint density at radius 1 is 1.10 bits per heavy atom. The van der Waals surface area contributed by atoms with Gasteiger partial charge >= 0.3 is 12.4 Å². The van der Waals surface area contributed by atoms with Gasteiger partial charge in [0, 0.05) is 32.0 Å². The van der Waals surface area contributed by atoms with Gasteiger partial charge in [0.05, 0.1) is 23.7 Å². The van der Waals surface area contributed by atoms with E-state index in [0.717, 1.165) is 21.9 Å². The van der Waals surface area contributed by atoms with Gasteiger partial charge in [-0.05, 0) is 66.5 Å². The highest BCUT2D eigenvalue weighted by Crippen LogP contribution is 2.45. The molecule has 2 amide bonds. The van der Waals surface area contributed by atoms with Crippen molar-refractivity contribution in [3.05, 3.63) is 95.1 Å². The van der Waals surface area contributed by atoms with Crippen LogP contribution in [0.25, 0.3) is 0 Å². The number of allylic oxidation sites excluding steroid dienone is 1. The minimum Gasteiger partial charge on any atom is -0.381 e. The van der Waals surface area contributed by atoms with Gasteiger partial charge in [0.25, 0.3) is 11.8 Å². The average molecular weight is 710 g/mol. The minimum atomic E-state index is -4.97. The molecule has 2 unspecified atom stereocenters. The van der Waals surface area contributed by atoms with Crippen molar-refractivity contribution in [3.63, 3.8) is 0 Å². The summed E-state index contributed by atoms with van der Waals surface area (Å²) < 4.78 is 103. The van der Waals surface area contributed by atoms with E-state index in [9.17, 15) is 40.3 Å². The highest BCUT2D eigenvalue weighted by atomic mass is 19.4. The summed E-state index contributed by atoms with van der Waals surface area (Å²) >= 11 is 0. The summed E-state index contributed by atoms with van der Waals surface area (Å²) in [7, 11) is 0. The van der Waals surface area contributed by atoms with Crippen molar-refractivity contribution in [3.8, 4) is 0 Å². The zero-order valence-corrected chi connectivity index (χ0v) is 27.6. The van der Waals surface area contributed by atoms with E-state index < -0.39 is 64.9 Å². The summed E-state index contributed by atoms with van der Waals surface area (Å²) in [6.45, 7) is 10.0. The van der Waals surface area contributed by atoms with Crippen LogP contribution in [0.3, 0.4) is 0 Å². The Bertz CT molecular complexity index is 1680. The fourth-order valence-corrected chi connectivity index (χ4v) is 6.84. The van der Waals surface area contributed by atoms with Crippen LogP contribution in [0.15, 0.2) is 72.0 Å². The van der Waals surface area contributed by atoms with Gasteiger partial charge < -0.3 is 20.3 Å². The first-order valence-corrected chi connectivity index (χ1v) is 16.1. The van der Waals surface area contributed by atoms with Crippen LogP contribution in [0.2, 0.25) is 0 Å². The standard InChI is InChI=1S/C35H38F7N5O3/c1-20(2)15-29(47-31(49)33(44-32(47)43,17-23-11-14-50-19-23)25-6-8-26(36)9-7-25)24-5-10-28(35(40,41)42)27(16-24)30(48)45-12-13-46(21(3)18-45)22(4)34(37,38)39/h5-10,16,20,23,29H,3-4,11-15,17-19H2,1-2H3,(H2,43,44)/t23-,29?,33?/m0/s1. The number of hydrogen-bond acceptors (Lipinski definition) is 6. The number of benzene rings is 2. The van der Waals surface area contributed by atoms with Crippen molar-refractivity contribution in [2.75, 3.05) is 32.8 Å². The van der Waals surface area contributed by atoms with Crippen molar-refractivity contribution in [1.82, 2.24) is 14.7 Å². The Labute approximate surface area is 285 Å². The molecular weight excluding hydrogens is 671 g/mol. The van der Waals surface area contributed by atoms with Crippen LogP contribution in [-0.2, 0) is 21.2 Å². The molecule has 3 atom stereocenters. The van der Waals surface area contributed by atoms with Crippen molar-refractivity contribution in [1.29, 1.82) is 0 Å².